The molecule has 1 atom stereocenters. The summed E-state index contributed by atoms with van der Waals surface area (Å²) in [6, 6.07) is 16.2. The second-order valence-corrected chi connectivity index (χ2v) is 4.42. The highest BCUT2D eigenvalue weighted by Crippen LogP contribution is 2.27. The fourth-order valence-corrected chi connectivity index (χ4v) is 2.30. The van der Waals surface area contributed by atoms with Gasteiger partial charge < -0.3 is 5.73 Å². The Balaban J connectivity index is 2.17. The Kier molecular flexibility index (Phi) is 2.97. The van der Waals surface area contributed by atoms with Crippen molar-refractivity contribution in [1.29, 1.82) is 0 Å². The minimum atomic E-state index is -0.563. The quantitative estimate of drug-likeness (QED) is 0.759. The van der Waals surface area contributed by atoms with Crippen molar-refractivity contribution in [3.05, 3.63) is 77.9 Å². The third-order valence-corrected chi connectivity index (χ3v) is 3.24. The number of aromatic nitrogens is 1. The summed E-state index contributed by atoms with van der Waals surface area (Å²) >= 11 is 0. The van der Waals surface area contributed by atoms with Crippen LogP contribution in [0.3, 0.4) is 0 Å². The standard InChI is InChI=1S/C16H13FN2/c17-14-9-4-10-19-16(14)15(18)13-8-3-6-11-5-1-2-7-12(11)13/h1-10,15H,18H2. The molecular weight excluding hydrogens is 239 g/mol. The van der Waals surface area contributed by atoms with Crippen molar-refractivity contribution in [3.63, 3.8) is 0 Å². The van der Waals surface area contributed by atoms with Crippen LogP contribution >= 0.6 is 0 Å². The minimum absolute atomic E-state index is 0.277. The summed E-state index contributed by atoms with van der Waals surface area (Å²) in [5, 5.41) is 2.12. The minimum Gasteiger partial charge on any atom is -0.319 e. The van der Waals surface area contributed by atoms with Crippen LogP contribution in [0.15, 0.2) is 60.8 Å². The van der Waals surface area contributed by atoms with E-state index in [4.69, 9.17) is 5.73 Å². The lowest BCUT2D eigenvalue weighted by Gasteiger charge is -2.14. The molecule has 2 N–H and O–H groups in total. The van der Waals surface area contributed by atoms with Crippen molar-refractivity contribution in [3.8, 4) is 0 Å². The number of nitrogens with zero attached hydrogens (tertiary/aromatic N) is 1. The van der Waals surface area contributed by atoms with Crippen LogP contribution in [0.4, 0.5) is 4.39 Å². The first-order valence-electron chi connectivity index (χ1n) is 6.11. The molecule has 1 heterocycles. The fourth-order valence-electron chi connectivity index (χ4n) is 2.30. The van der Waals surface area contributed by atoms with Crippen molar-refractivity contribution >= 4 is 10.8 Å². The largest absolute Gasteiger partial charge is 0.319 e. The summed E-state index contributed by atoms with van der Waals surface area (Å²) in [5.74, 6) is -0.372. The molecule has 0 aliphatic heterocycles. The van der Waals surface area contributed by atoms with Crippen molar-refractivity contribution in [2.45, 2.75) is 6.04 Å². The number of benzene rings is 2. The first-order chi connectivity index (χ1) is 9.27. The summed E-state index contributed by atoms with van der Waals surface area (Å²) in [7, 11) is 0. The lowest BCUT2D eigenvalue weighted by molar-refractivity contribution is 0.587. The highest BCUT2D eigenvalue weighted by molar-refractivity contribution is 5.86. The van der Waals surface area contributed by atoms with Gasteiger partial charge in [0.05, 0.1) is 11.7 Å². The summed E-state index contributed by atoms with van der Waals surface area (Å²) in [4.78, 5) is 4.06. The molecule has 3 rings (SSSR count). The number of halogens is 1. The van der Waals surface area contributed by atoms with E-state index < -0.39 is 6.04 Å². The summed E-state index contributed by atoms with van der Waals surface area (Å²) in [6.45, 7) is 0. The Morgan fingerprint density at radius 1 is 0.947 bits per heavy atom. The molecule has 2 nitrogen and oxygen atoms in total. The molecule has 94 valence electrons. The normalized spacial score (nSPS) is 12.5. The van der Waals surface area contributed by atoms with Gasteiger partial charge in [0.15, 0.2) is 0 Å². The molecule has 0 aliphatic rings. The van der Waals surface area contributed by atoms with Gasteiger partial charge in [-0.25, -0.2) is 4.39 Å². The maximum absolute atomic E-state index is 13.8. The van der Waals surface area contributed by atoms with Gasteiger partial charge in [0.25, 0.3) is 0 Å². The Labute approximate surface area is 110 Å². The molecule has 0 radical (unpaired) electrons. The molecule has 0 fully saturated rings. The number of rotatable bonds is 2. The van der Waals surface area contributed by atoms with Crippen molar-refractivity contribution < 1.29 is 4.39 Å². The van der Waals surface area contributed by atoms with Gasteiger partial charge in [-0.05, 0) is 28.5 Å². The molecule has 1 aromatic heterocycles. The van der Waals surface area contributed by atoms with Gasteiger partial charge in [-0.2, -0.15) is 0 Å². The highest BCUT2D eigenvalue weighted by atomic mass is 19.1. The Morgan fingerprint density at radius 2 is 1.74 bits per heavy atom. The van der Waals surface area contributed by atoms with E-state index in [9.17, 15) is 4.39 Å². The summed E-state index contributed by atoms with van der Waals surface area (Å²) in [6.07, 6.45) is 1.56. The lowest BCUT2D eigenvalue weighted by atomic mass is 9.97. The summed E-state index contributed by atoms with van der Waals surface area (Å²) < 4.78 is 13.8. The SMILES string of the molecule is NC(c1ncccc1F)c1cccc2ccccc12. The predicted octanol–water partition coefficient (Wildman–Crippen LogP) is 3.42. The second kappa shape index (κ2) is 4.78. The van der Waals surface area contributed by atoms with Crippen LogP contribution in [0.2, 0.25) is 0 Å². The topological polar surface area (TPSA) is 38.9 Å². The zero-order valence-corrected chi connectivity index (χ0v) is 10.3. The number of pyridine rings is 1. The fraction of sp³-hybridized carbons (Fsp3) is 0.0625. The molecule has 0 aliphatic carbocycles. The monoisotopic (exact) mass is 252 g/mol. The highest BCUT2D eigenvalue weighted by Gasteiger charge is 2.16. The Morgan fingerprint density at radius 3 is 2.58 bits per heavy atom. The molecule has 19 heavy (non-hydrogen) atoms. The molecule has 0 amide bonds. The van der Waals surface area contributed by atoms with Crippen LogP contribution < -0.4 is 5.73 Å². The average molecular weight is 252 g/mol. The molecule has 0 bridgehead atoms. The molecule has 0 saturated heterocycles. The van der Waals surface area contributed by atoms with Gasteiger partial charge in [0, 0.05) is 6.20 Å². The van der Waals surface area contributed by atoms with E-state index in [0.29, 0.717) is 0 Å². The first-order valence-corrected chi connectivity index (χ1v) is 6.11. The molecule has 3 heteroatoms. The summed E-state index contributed by atoms with van der Waals surface area (Å²) in [5.41, 5.74) is 7.34. The number of hydrogen-bond donors (Lipinski definition) is 1. The van der Waals surface area contributed by atoms with Gasteiger partial charge in [-0.3, -0.25) is 4.98 Å². The van der Waals surface area contributed by atoms with Gasteiger partial charge in [-0.1, -0.05) is 42.5 Å². The van der Waals surface area contributed by atoms with Crippen molar-refractivity contribution in [2.75, 3.05) is 0 Å². The number of nitrogens with two attached hydrogens (primary N) is 1. The van der Waals surface area contributed by atoms with Crippen molar-refractivity contribution in [2.24, 2.45) is 5.73 Å². The maximum Gasteiger partial charge on any atom is 0.146 e. The van der Waals surface area contributed by atoms with E-state index in [2.05, 4.69) is 4.98 Å². The predicted molar refractivity (Wildman–Crippen MR) is 74.2 cm³/mol. The van der Waals surface area contributed by atoms with E-state index in [0.717, 1.165) is 16.3 Å². The average Bonchev–Trinajstić information content (AvgIpc) is 2.46. The zero-order valence-electron chi connectivity index (χ0n) is 10.3. The molecular formula is C16H13FN2. The van der Waals surface area contributed by atoms with Crippen LogP contribution in [0.25, 0.3) is 10.8 Å². The molecule has 0 saturated carbocycles. The van der Waals surface area contributed by atoms with E-state index >= 15 is 0 Å². The van der Waals surface area contributed by atoms with Crippen molar-refractivity contribution in [1.82, 2.24) is 4.98 Å². The number of hydrogen-bond acceptors (Lipinski definition) is 2. The lowest BCUT2D eigenvalue weighted by Crippen LogP contribution is -2.15. The number of fused-ring (bicyclic) bond motifs is 1. The molecule has 0 spiro atoms. The Hall–Kier alpha value is -2.26. The van der Waals surface area contributed by atoms with E-state index in [-0.39, 0.29) is 11.5 Å². The second-order valence-electron chi connectivity index (χ2n) is 4.42. The third-order valence-electron chi connectivity index (χ3n) is 3.24. The van der Waals surface area contributed by atoms with E-state index in [1.54, 1.807) is 12.3 Å². The van der Waals surface area contributed by atoms with Gasteiger partial charge >= 0.3 is 0 Å². The zero-order chi connectivity index (χ0) is 13.2. The molecule has 3 aromatic rings. The van der Waals surface area contributed by atoms with Crippen LogP contribution in [0.1, 0.15) is 17.3 Å². The van der Waals surface area contributed by atoms with Crippen LogP contribution in [0, 0.1) is 5.82 Å². The van der Waals surface area contributed by atoms with Crippen LogP contribution in [-0.4, -0.2) is 4.98 Å². The van der Waals surface area contributed by atoms with Crippen LogP contribution in [0.5, 0.6) is 0 Å². The van der Waals surface area contributed by atoms with Crippen LogP contribution in [-0.2, 0) is 0 Å². The third kappa shape index (κ3) is 2.09. The Bertz CT molecular complexity index is 719. The van der Waals surface area contributed by atoms with E-state index in [1.807, 2.05) is 42.5 Å². The van der Waals surface area contributed by atoms with Gasteiger partial charge in [0.2, 0.25) is 0 Å². The molecule has 1 unspecified atom stereocenters. The maximum atomic E-state index is 13.8. The van der Waals surface area contributed by atoms with E-state index in [1.165, 1.54) is 6.07 Å². The van der Waals surface area contributed by atoms with Gasteiger partial charge in [0.1, 0.15) is 5.82 Å². The van der Waals surface area contributed by atoms with Gasteiger partial charge in [-0.15, -0.1) is 0 Å². The first kappa shape index (κ1) is 11.8. The molecule has 2 aromatic carbocycles. The smallest absolute Gasteiger partial charge is 0.146 e.